The van der Waals surface area contributed by atoms with E-state index in [0.29, 0.717) is 18.0 Å². The van der Waals surface area contributed by atoms with Gasteiger partial charge in [-0.1, -0.05) is 38.1 Å². The molecule has 0 radical (unpaired) electrons. The molecule has 1 aliphatic rings. The molecule has 1 fully saturated rings. The molecule has 2 atom stereocenters. The van der Waals surface area contributed by atoms with E-state index in [4.69, 9.17) is 0 Å². The van der Waals surface area contributed by atoms with Crippen LogP contribution in [0.25, 0.3) is 0 Å². The molecule has 124 valence electrons. The van der Waals surface area contributed by atoms with Crippen LogP contribution in [0.4, 0.5) is 0 Å². The Morgan fingerprint density at radius 1 is 1.00 bits per heavy atom. The summed E-state index contributed by atoms with van der Waals surface area (Å²) in [4.78, 5) is 2.47. The lowest BCUT2D eigenvalue weighted by atomic mass is 9.96. The molecule has 0 amide bonds. The second-order valence-electron chi connectivity index (χ2n) is 6.39. The summed E-state index contributed by atoms with van der Waals surface area (Å²) in [5, 5.41) is 3.66. The zero-order valence-corrected chi connectivity index (χ0v) is 14.5. The Bertz CT molecular complexity index is 434. The molecule has 0 saturated carbocycles. The van der Waals surface area contributed by atoms with Gasteiger partial charge in [-0.2, -0.15) is 0 Å². The molecule has 2 unspecified atom stereocenters. The number of hydrogen-bond donors (Lipinski definition) is 3. The van der Waals surface area contributed by atoms with Crippen LogP contribution in [0.3, 0.4) is 0 Å². The van der Waals surface area contributed by atoms with E-state index in [-0.39, 0.29) is 0 Å². The molecule has 4 nitrogen and oxygen atoms in total. The molecule has 1 aliphatic heterocycles. The van der Waals surface area contributed by atoms with Crippen molar-refractivity contribution in [3.63, 3.8) is 0 Å². The van der Waals surface area contributed by atoms with Gasteiger partial charge < -0.3 is 5.32 Å². The average molecular weight is 304 g/mol. The smallest absolute Gasteiger partial charge is 0.0240 e. The van der Waals surface area contributed by atoms with E-state index < -0.39 is 0 Å². The summed E-state index contributed by atoms with van der Waals surface area (Å²) in [6.45, 7) is 14.2. The van der Waals surface area contributed by atoms with E-state index in [2.05, 4.69) is 73.0 Å². The van der Waals surface area contributed by atoms with Crippen LogP contribution in [-0.4, -0.2) is 36.6 Å². The topological polar surface area (TPSA) is 39.3 Å². The van der Waals surface area contributed by atoms with Gasteiger partial charge in [-0.25, -0.2) is 0 Å². The zero-order chi connectivity index (χ0) is 15.9. The van der Waals surface area contributed by atoms with Crippen LogP contribution >= 0.6 is 0 Å². The fraction of sp³-hybridized carbons (Fsp3) is 0.667. The molecule has 1 aromatic rings. The second kappa shape index (κ2) is 8.63. The second-order valence-corrected chi connectivity index (χ2v) is 6.39. The molecular formula is C18H32N4. The number of hydrogen-bond acceptors (Lipinski definition) is 4. The van der Waals surface area contributed by atoms with E-state index in [9.17, 15) is 0 Å². The lowest BCUT2D eigenvalue weighted by Gasteiger charge is -2.21. The van der Waals surface area contributed by atoms with Gasteiger partial charge in [0.25, 0.3) is 0 Å². The fourth-order valence-electron chi connectivity index (χ4n) is 3.21. The van der Waals surface area contributed by atoms with Crippen LogP contribution in [0.1, 0.15) is 38.8 Å². The molecule has 1 saturated heterocycles. The minimum Gasteiger partial charge on any atom is -0.312 e. The molecule has 4 heteroatoms. The van der Waals surface area contributed by atoms with Crippen LogP contribution in [0.2, 0.25) is 0 Å². The summed E-state index contributed by atoms with van der Waals surface area (Å²) in [5.74, 6) is 0.634. The summed E-state index contributed by atoms with van der Waals surface area (Å²) < 4.78 is 0. The third-order valence-electron chi connectivity index (χ3n) is 4.93. The molecule has 2 rings (SSSR count). The zero-order valence-electron chi connectivity index (χ0n) is 14.5. The standard InChI is InChI=1S/C18H32N4/c1-5-22(6-2)13-17-10-8-7-9-16(17)11-19-12-18-14(3)20-21-15(18)4/h7-10,14-15,18-21H,5-6,11-13H2,1-4H3. The van der Waals surface area contributed by atoms with E-state index in [0.717, 1.165) is 32.7 Å². The highest BCUT2D eigenvalue weighted by molar-refractivity contribution is 5.27. The highest BCUT2D eigenvalue weighted by atomic mass is 15.4. The summed E-state index contributed by atoms with van der Waals surface area (Å²) in [5.41, 5.74) is 9.52. The first-order chi connectivity index (χ1) is 10.7. The Kier molecular flexibility index (Phi) is 6.83. The van der Waals surface area contributed by atoms with Gasteiger partial charge in [-0.3, -0.25) is 15.8 Å². The van der Waals surface area contributed by atoms with Gasteiger partial charge in [0.05, 0.1) is 0 Å². The van der Waals surface area contributed by atoms with Gasteiger partial charge in [-0.15, -0.1) is 0 Å². The van der Waals surface area contributed by atoms with Crippen molar-refractivity contribution in [1.82, 2.24) is 21.1 Å². The van der Waals surface area contributed by atoms with Crippen molar-refractivity contribution >= 4 is 0 Å². The van der Waals surface area contributed by atoms with Crippen molar-refractivity contribution in [2.75, 3.05) is 19.6 Å². The monoisotopic (exact) mass is 304 g/mol. The fourth-order valence-corrected chi connectivity index (χ4v) is 3.21. The van der Waals surface area contributed by atoms with E-state index in [1.807, 2.05) is 0 Å². The van der Waals surface area contributed by atoms with Gasteiger partial charge in [0.2, 0.25) is 0 Å². The Labute approximate surface area is 135 Å². The van der Waals surface area contributed by atoms with Crippen LogP contribution in [-0.2, 0) is 13.1 Å². The molecule has 1 aromatic carbocycles. The molecule has 0 spiro atoms. The molecule has 0 aliphatic carbocycles. The Morgan fingerprint density at radius 3 is 2.18 bits per heavy atom. The largest absolute Gasteiger partial charge is 0.312 e. The Morgan fingerprint density at radius 2 is 1.59 bits per heavy atom. The predicted octanol–water partition coefficient (Wildman–Crippen LogP) is 2.12. The van der Waals surface area contributed by atoms with Crippen molar-refractivity contribution in [3.8, 4) is 0 Å². The van der Waals surface area contributed by atoms with Crippen LogP contribution in [0.5, 0.6) is 0 Å². The Balaban J connectivity index is 1.89. The Hall–Kier alpha value is -0.940. The van der Waals surface area contributed by atoms with E-state index in [1.54, 1.807) is 0 Å². The third-order valence-corrected chi connectivity index (χ3v) is 4.93. The van der Waals surface area contributed by atoms with Crippen molar-refractivity contribution < 1.29 is 0 Å². The normalized spacial score (nSPS) is 25.0. The molecule has 0 bridgehead atoms. The first-order valence-electron chi connectivity index (χ1n) is 8.66. The minimum absolute atomic E-state index is 0.522. The van der Waals surface area contributed by atoms with Crippen molar-refractivity contribution in [2.45, 2.75) is 52.9 Å². The predicted molar refractivity (Wildman–Crippen MR) is 93.5 cm³/mol. The number of benzene rings is 1. The van der Waals surface area contributed by atoms with Crippen molar-refractivity contribution in [3.05, 3.63) is 35.4 Å². The highest BCUT2D eigenvalue weighted by Crippen LogP contribution is 2.15. The quantitative estimate of drug-likeness (QED) is 0.688. The van der Waals surface area contributed by atoms with Gasteiger partial charge in [-0.05, 0) is 38.1 Å². The molecule has 3 N–H and O–H groups in total. The first kappa shape index (κ1) is 17.4. The SMILES string of the molecule is CCN(CC)Cc1ccccc1CNCC1C(C)NNC1C. The summed E-state index contributed by atoms with van der Waals surface area (Å²) in [6, 6.07) is 9.86. The average Bonchev–Trinajstić information content (AvgIpc) is 2.85. The van der Waals surface area contributed by atoms with E-state index >= 15 is 0 Å². The number of nitrogens with one attached hydrogen (secondary N) is 3. The molecule has 0 aromatic heterocycles. The lowest BCUT2D eigenvalue weighted by Crippen LogP contribution is -2.34. The van der Waals surface area contributed by atoms with Gasteiger partial charge >= 0.3 is 0 Å². The maximum atomic E-state index is 3.66. The molecular weight excluding hydrogens is 272 g/mol. The number of hydrazine groups is 1. The summed E-state index contributed by atoms with van der Waals surface area (Å²) in [7, 11) is 0. The highest BCUT2D eigenvalue weighted by Gasteiger charge is 2.28. The molecule has 1 heterocycles. The van der Waals surface area contributed by atoms with Crippen LogP contribution < -0.4 is 16.2 Å². The van der Waals surface area contributed by atoms with Crippen LogP contribution in [0, 0.1) is 5.92 Å². The van der Waals surface area contributed by atoms with Gasteiger partial charge in [0.1, 0.15) is 0 Å². The van der Waals surface area contributed by atoms with E-state index in [1.165, 1.54) is 11.1 Å². The maximum Gasteiger partial charge on any atom is 0.0240 e. The maximum absolute atomic E-state index is 3.66. The summed E-state index contributed by atoms with van der Waals surface area (Å²) >= 11 is 0. The first-order valence-corrected chi connectivity index (χ1v) is 8.66. The van der Waals surface area contributed by atoms with Crippen molar-refractivity contribution in [2.24, 2.45) is 5.92 Å². The third kappa shape index (κ3) is 4.53. The summed E-state index contributed by atoms with van der Waals surface area (Å²) in [6.07, 6.45) is 0. The van der Waals surface area contributed by atoms with Crippen LogP contribution in [0.15, 0.2) is 24.3 Å². The van der Waals surface area contributed by atoms with Crippen molar-refractivity contribution in [1.29, 1.82) is 0 Å². The van der Waals surface area contributed by atoms with Gasteiger partial charge in [0, 0.05) is 37.6 Å². The van der Waals surface area contributed by atoms with Gasteiger partial charge in [0.15, 0.2) is 0 Å². The number of nitrogens with zero attached hydrogens (tertiary/aromatic N) is 1. The number of rotatable bonds is 8. The minimum atomic E-state index is 0.522. The molecule has 22 heavy (non-hydrogen) atoms. The lowest BCUT2D eigenvalue weighted by molar-refractivity contribution is 0.294.